The molecular weight excluding hydrogens is 184 g/mol. The van der Waals surface area contributed by atoms with Crippen LogP contribution in [0.5, 0.6) is 0 Å². The summed E-state index contributed by atoms with van der Waals surface area (Å²) in [6.45, 7) is 4.05. The molecule has 1 aliphatic heterocycles. The summed E-state index contributed by atoms with van der Waals surface area (Å²) in [5.74, 6) is 0.578. The second-order valence-electron chi connectivity index (χ2n) is 4.59. The molecule has 0 unspecified atom stereocenters. The largest absolute Gasteiger partial charge is 0.229 e. The Morgan fingerprint density at radius 1 is 1.00 bits per heavy atom. The maximum atomic E-state index is 11.5. The normalized spacial score (nSPS) is 46.3. The summed E-state index contributed by atoms with van der Waals surface area (Å²) in [5, 5.41) is 0. The smallest absolute Gasteiger partial charge is 0.152 e. The van der Waals surface area contributed by atoms with E-state index in [4.69, 9.17) is 0 Å². The lowest BCUT2D eigenvalue weighted by atomic mass is 9.66. The average molecular weight is 198 g/mol. The Balaban J connectivity index is 2.55. The standard InChI is InChI=1S/C10H14O2S/c1-9-5-3-4-6-10(9,2)8-13(11,12)7-9/h3-6H,7-8H2,1-2H3/t9-,10+. The first-order chi connectivity index (χ1) is 5.87. The lowest BCUT2D eigenvalue weighted by molar-refractivity contribution is 0.259. The molecule has 2 aliphatic rings. The van der Waals surface area contributed by atoms with Gasteiger partial charge in [-0.25, -0.2) is 8.42 Å². The first kappa shape index (κ1) is 9.00. The summed E-state index contributed by atoms with van der Waals surface area (Å²) in [7, 11) is -2.85. The van der Waals surface area contributed by atoms with Crippen molar-refractivity contribution in [2.45, 2.75) is 13.8 Å². The summed E-state index contributed by atoms with van der Waals surface area (Å²) in [6.07, 6.45) is 7.94. The molecule has 0 bridgehead atoms. The number of rotatable bonds is 0. The highest BCUT2D eigenvalue weighted by molar-refractivity contribution is 7.91. The molecule has 13 heavy (non-hydrogen) atoms. The summed E-state index contributed by atoms with van der Waals surface area (Å²) in [5.41, 5.74) is -0.388. The van der Waals surface area contributed by atoms with E-state index >= 15 is 0 Å². The van der Waals surface area contributed by atoms with Crippen LogP contribution in [-0.2, 0) is 9.84 Å². The Labute approximate surface area is 79.3 Å². The number of sulfone groups is 1. The fourth-order valence-electron chi connectivity index (χ4n) is 2.31. The van der Waals surface area contributed by atoms with Gasteiger partial charge in [0, 0.05) is 10.8 Å². The van der Waals surface area contributed by atoms with E-state index in [1.54, 1.807) is 0 Å². The molecule has 0 aromatic rings. The molecule has 3 heteroatoms. The molecule has 1 saturated heterocycles. The van der Waals surface area contributed by atoms with Crippen molar-refractivity contribution in [3.63, 3.8) is 0 Å². The maximum absolute atomic E-state index is 11.5. The summed E-state index contributed by atoms with van der Waals surface area (Å²) >= 11 is 0. The Bertz CT molecular complexity index is 359. The average Bonchev–Trinajstić information content (AvgIpc) is 2.12. The van der Waals surface area contributed by atoms with Crippen LogP contribution in [-0.4, -0.2) is 19.9 Å². The lowest BCUT2D eigenvalue weighted by Crippen LogP contribution is -2.33. The van der Waals surface area contributed by atoms with Gasteiger partial charge in [-0.1, -0.05) is 38.2 Å². The zero-order chi connectivity index (χ0) is 9.74. The van der Waals surface area contributed by atoms with Gasteiger partial charge in [0.05, 0.1) is 11.5 Å². The van der Waals surface area contributed by atoms with Crippen molar-refractivity contribution in [2.75, 3.05) is 11.5 Å². The molecule has 0 saturated carbocycles. The summed E-state index contributed by atoms with van der Waals surface area (Å²) < 4.78 is 23.1. The second-order valence-corrected chi connectivity index (χ2v) is 6.65. The van der Waals surface area contributed by atoms with Crippen molar-refractivity contribution in [1.29, 1.82) is 0 Å². The van der Waals surface area contributed by atoms with Crippen LogP contribution in [0.4, 0.5) is 0 Å². The Morgan fingerprint density at radius 2 is 1.38 bits per heavy atom. The molecule has 0 N–H and O–H groups in total. The van der Waals surface area contributed by atoms with Crippen molar-refractivity contribution < 1.29 is 8.42 Å². The third kappa shape index (κ3) is 1.17. The van der Waals surface area contributed by atoms with E-state index in [0.717, 1.165) is 0 Å². The number of hydrogen-bond acceptors (Lipinski definition) is 2. The van der Waals surface area contributed by atoms with E-state index in [1.807, 2.05) is 38.2 Å². The van der Waals surface area contributed by atoms with E-state index < -0.39 is 9.84 Å². The topological polar surface area (TPSA) is 34.1 Å². The molecule has 0 aromatic carbocycles. The summed E-state index contributed by atoms with van der Waals surface area (Å²) in [4.78, 5) is 0. The number of fused-ring (bicyclic) bond motifs is 1. The van der Waals surface area contributed by atoms with Crippen molar-refractivity contribution in [3.05, 3.63) is 24.3 Å². The van der Waals surface area contributed by atoms with Gasteiger partial charge in [0.1, 0.15) is 0 Å². The van der Waals surface area contributed by atoms with Crippen LogP contribution in [0.2, 0.25) is 0 Å². The molecule has 0 aromatic heterocycles. The van der Waals surface area contributed by atoms with Crippen LogP contribution >= 0.6 is 0 Å². The van der Waals surface area contributed by atoms with E-state index in [0.29, 0.717) is 0 Å². The van der Waals surface area contributed by atoms with Crippen LogP contribution < -0.4 is 0 Å². The monoisotopic (exact) mass is 198 g/mol. The van der Waals surface area contributed by atoms with E-state index in [9.17, 15) is 8.42 Å². The van der Waals surface area contributed by atoms with Crippen LogP contribution in [0, 0.1) is 10.8 Å². The number of hydrogen-bond donors (Lipinski definition) is 0. The van der Waals surface area contributed by atoms with Crippen molar-refractivity contribution >= 4 is 9.84 Å². The van der Waals surface area contributed by atoms with E-state index in [-0.39, 0.29) is 22.3 Å². The SMILES string of the molecule is C[C@@]12C=CC=C[C@]1(C)CS(=O)(=O)C2. The zero-order valence-corrected chi connectivity index (χ0v) is 8.76. The lowest BCUT2D eigenvalue weighted by Gasteiger charge is -2.36. The van der Waals surface area contributed by atoms with Gasteiger partial charge in [-0.2, -0.15) is 0 Å². The quantitative estimate of drug-likeness (QED) is 0.592. The fourth-order valence-corrected chi connectivity index (χ4v) is 5.09. The molecule has 0 spiro atoms. The molecule has 0 radical (unpaired) electrons. The Kier molecular flexibility index (Phi) is 1.57. The van der Waals surface area contributed by atoms with Crippen LogP contribution in [0.25, 0.3) is 0 Å². The molecule has 2 nitrogen and oxygen atoms in total. The van der Waals surface area contributed by atoms with Crippen molar-refractivity contribution in [1.82, 2.24) is 0 Å². The Hall–Kier alpha value is -0.570. The Morgan fingerprint density at radius 3 is 1.77 bits per heavy atom. The first-order valence-corrected chi connectivity index (χ1v) is 6.27. The van der Waals surface area contributed by atoms with Gasteiger partial charge in [0.2, 0.25) is 0 Å². The van der Waals surface area contributed by atoms with Gasteiger partial charge >= 0.3 is 0 Å². The van der Waals surface area contributed by atoms with Gasteiger partial charge in [-0.15, -0.1) is 0 Å². The van der Waals surface area contributed by atoms with Crippen LogP contribution in [0.1, 0.15) is 13.8 Å². The van der Waals surface area contributed by atoms with E-state index in [1.165, 1.54) is 0 Å². The van der Waals surface area contributed by atoms with Gasteiger partial charge in [-0.05, 0) is 0 Å². The predicted octanol–water partition coefficient (Wildman–Crippen LogP) is 1.55. The fraction of sp³-hybridized carbons (Fsp3) is 0.600. The van der Waals surface area contributed by atoms with Gasteiger partial charge in [0.15, 0.2) is 9.84 Å². The maximum Gasteiger partial charge on any atom is 0.152 e. The molecule has 2 rings (SSSR count). The second kappa shape index (κ2) is 2.27. The summed E-state index contributed by atoms with van der Waals surface area (Å²) in [6, 6.07) is 0. The minimum atomic E-state index is -2.85. The third-order valence-electron chi connectivity index (χ3n) is 3.38. The third-order valence-corrected chi connectivity index (χ3v) is 5.46. The van der Waals surface area contributed by atoms with Crippen molar-refractivity contribution in [3.8, 4) is 0 Å². The first-order valence-electron chi connectivity index (χ1n) is 4.45. The molecular formula is C10H14O2S. The molecule has 1 fully saturated rings. The van der Waals surface area contributed by atoms with Crippen molar-refractivity contribution in [2.24, 2.45) is 10.8 Å². The van der Waals surface area contributed by atoms with Gasteiger partial charge < -0.3 is 0 Å². The van der Waals surface area contributed by atoms with Gasteiger partial charge in [0.25, 0.3) is 0 Å². The molecule has 72 valence electrons. The predicted molar refractivity (Wildman–Crippen MR) is 53.1 cm³/mol. The zero-order valence-electron chi connectivity index (χ0n) is 7.95. The molecule has 0 amide bonds. The highest BCUT2D eigenvalue weighted by Gasteiger charge is 2.53. The highest BCUT2D eigenvalue weighted by atomic mass is 32.2. The number of allylic oxidation sites excluding steroid dienone is 4. The molecule has 2 atom stereocenters. The van der Waals surface area contributed by atoms with Gasteiger partial charge in [-0.3, -0.25) is 0 Å². The molecule has 1 heterocycles. The minimum absolute atomic E-state index is 0.194. The van der Waals surface area contributed by atoms with Crippen LogP contribution in [0.3, 0.4) is 0 Å². The molecule has 1 aliphatic carbocycles. The minimum Gasteiger partial charge on any atom is -0.229 e. The highest BCUT2D eigenvalue weighted by Crippen LogP contribution is 2.50. The van der Waals surface area contributed by atoms with Crippen LogP contribution in [0.15, 0.2) is 24.3 Å². The van der Waals surface area contributed by atoms with E-state index in [2.05, 4.69) is 0 Å².